The zero-order valence-electron chi connectivity index (χ0n) is 17.4. The third-order valence-corrected chi connectivity index (χ3v) is 5.22. The summed E-state index contributed by atoms with van der Waals surface area (Å²) in [4.78, 5) is 17.0. The monoisotopic (exact) mass is 413 g/mol. The maximum absolute atomic E-state index is 12.0. The van der Waals surface area contributed by atoms with Gasteiger partial charge in [-0.2, -0.15) is 0 Å². The zero-order valence-corrected chi connectivity index (χ0v) is 18.1. The molecule has 156 valence electrons. The molecule has 29 heavy (non-hydrogen) atoms. The van der Waals surface area contributed by atoms with Gasteiger partial charge in [0, 0.05) is 17.0 Å². The Morgan fingerprint density at radius 3 is 1.90 bits per heavy atom. The number of carbonyl (C=O) groups is 1. The molecule has 0 saturated heterocycles. The van der Waals surface area contributed by atoms with Crippen molar-refractivity contribution in [3.8, 4) is 0 Å². The topological polar surface area (TPSA) is 38.7 Å². The van der Waals surface area contributed by atoms with E-state index in [0.717, 1.165) is 48.4 Å². The number of hydrogen-bond acceptors (Lipinski definition) is 3. The number of alkyl halides is 1. The fourth-order valence-electron chi connectivity index (χ4n) is 3.36. The molecule has 0 aliphatic heterocycles. The Kier molecular flexibility index (Phi) is 11.1. The van der Waals surface area contributed by atoms with Crippen LogP contribution in [0.4, 0.5) is 0 Å². The lowest BCUT2D eigenvalue weighted by Crippen LogP contribution is -2.17. The lowest BCUT2D eigenvalue weighted by atomic mass is 10.00. The van der Waals surface area contributed by atoms with E-state index < -0.39 is 0 Å². The number of hydrogen-bond donors (Lipinski definition) is 0. The average molecular weight is 414 g/mol. The summed E-state index contributed by atoms with van der Waals surface area (Å²) in [5.74, 6) is 0.541. The highest BCUT2D eigenvalue weighted by atomic mass is 35.5. The highest BCUT2D eigenvalue weighted by Crippen LogP contribution is 2.18. The third kappa shape index (κ3) is 8.82. The predicted octanol–water partition coefficient (Wildman–Crippen LogP) is 6.43. The Bertz CT molecular complexity index is 690. The molecule has 0 heterocycles. The first-order chi connectivity index (χ1) is 14.2. The van der Waals surface area contributed by atoms with Crippen molar-refractivity contribution < 1.29 is 9.53 Å². The molecule has 1 unspecified atom stereocenters. The van der Waals surface area contributed by atoms with Gasteiger partial charge >= 0.3 is 5.97 Å². The van der Waals surface area contributed by atoms with Gasteiger partial charge in [-0.25, -0.2) is 0 Å². The molecule has 0 aliphatic carbocycles. The summed E-state index contributed by atoms with van der Waals surface area (Å²) in [6.45, 7) is 0. The minimum Gasteiger partial charge on any atom is -0.469 e. The minimum absolute atomic E-state index is 0.0827. The number of halogens is 1. The van der Waals surface area contributed by atoms with E-state index in [1.807, 2.05) is 36.4 Å². The molecule has 0 aromatic heterocycles. The van der Waals surface area contributed by atoms with Crippen LogP contribution in [0.3, 0.4) is 0 Å². The summed E-state index contributed by atoms with van der Waals surface area (Å²) in [7, 11) is 1.44. The molecule has 0 fully saturated rings. The molecule has 0 radical (unpaired) electrons. The molecule has 2 aromatic carbocycles. The first-order valence-electron chi connectivity index (χ1n) is 10.6. The fourth-order valence-corrected chi connectivity index (χ4v) is 3.55. The first-order valence-corrected chi connectivity index (χ1v) is 11.1. The molecule has 2 aromatic rings. The van der Waals surface area contributed by atoms with Crippen LogP contribution in [0, 0.1) is 0 Å². The SMILES string of the molecule is COC(=O)CC(CCCCCCCCCl)N=C(c1ccccc1)c1ccccc1. The van der Waals surface area contributed by atoms with Crippen LogP contribution in [0.25, 0.3) is 0 Å². The summed E-state index contributed by atoms with van der Waals surface area (Å²) < 4.78 is 4.92. The molecule has 0 saturated carbocycles. The maximum Gasteiger partial charge on any atom is 0.307 e. The van der Waals surface area contributed by atoms with Crippen LogP contribution < -0.4 is 0 Å². The van der Waals surface area contributed by atoms with Gasteiger partial charge in [-0.1, -0.05) is 92.8 Å². The lowest BCUT2D eigenvalue weighted by Gasteiger charge is -2.15. The van der Waals surface area contributed by atoms with Crippen molar-refractivity contribution in [3.63, 3.8) is 0 Å². The molecular weight excluding hydrogens is 382 g/mol. The molecule has 4 heteroatoms. The number of carbonyl (C=O) groups excluding carboxylic acids is 1. The van der Waals surface area contributed by atoms with E-state index in [4.69, 9.17) is 21.3 Å². The molecule has 1 atom stereocenters. The van der Waals surface area contributed by atoms with Crippen LogP contribution in [0.15, 0.2) is 65.7 Å². The van der Waals surface area contributed by atoms with Crippen LogP contribution in [0.2, 0.25) is 0 Å². The Labute approximate surface area is 180 Å². The summed E-state index contributed by atoms with van der Waals surface area (Å²) in [6, 6.07) is 20.3. The number of rotatable bonds is 13. The Balaban J connectivity index is 2.12. The Hall–Kier alpha value is -2.13. The second-order valence-electron chi connectivity index (χ2n) is 7.24. The van der Waals surface area contributed by atoms with Gasteiger partial charge in [0.2, 0.25) is 0 Å². The van der Waals surface area contributed by atoms with Gasteiger partial charge in [-0.05, 0) is 12.8 Å². The molecule has 0 amide bonds. The number of benzene rings is 2. The Morgan fingerprint density at radius 2 is 1.38 bits per heavy atom. The van der Waals surface area contributed by atoms with E-state index in [2.05, 4.69) is 24.3 Å². The molecule has 3 nitrogen and oxygen atoms in total. The number of unbranched alkanes of at least 4 members (excludes halogenated alkanes) is 5. The number of aliphatic imine (C=N–C) groups is 1. The maximum atomic E-state index is 12.0. The van der Waals surface area contributed by atoms with E-state index in [0.29, 0.717) is 6.42 Å². The second-order valence-corrected chi connectivity index (χ2v) is 7.62. The highest BCUT2D eigenvalue weighted by molar-refractivity contribution is 6.17. The van der Waals surface area contributed by atoms with Gasteiger partial charge in [-0.3, -0.25) is 9.79 Å². The van der Waals surface area contributed by atoms with Crippen molar-refractivity contribution in [2.75, 3.05) is 13.0 Å². The smallest absolute Gasteiger partial charge is 0.307 e. The number of nitrogens with zero attached hydrogens (tertiary/aromatic N) is 1. The first kappa shape index (κ1) is 23.2. The third-order valence-electron chi connectivity index (χ3n) is 4.96. The average Bonchev–Trinajstić information content (AvgIpc) is 2.77. The molecule has 2 rings (SSSR count). The van der Waals surface area contributed by atoms with Crippen LogP contribution >= 0.6 is 11.6 Å². The predicted molar refractivity (Wildman–Crippen MR) is 122 cm³/mol. The zero-order chi connectivity index (χ0) is 20.7. The van der Waals surface area contributed by atoms with Crippen LogP contribution in [0.1, 0.15) is 62.5 Å². The van der Waals surface area contributed by atoms with E-state index in [9.17, 15) is 4.79 Å². The summed E-state index contributed by atoms with van der Waals surface area (Å²) >= 11 is 5.74. The summed E-state index contributed by atoms with van der Waals surface area (Å²) in [6.07, 6.45) is 8.12. The van der Waals surface area contributed by atoms with Crippen molar-refractivity contribution >= 4 is 23.3 Å². The standard InChI is InChI=1S/C25H32ClNO2/c1-29-24(28)20-23(18-12-4-2-3-5-13-19-26)27-25(21-14-8-6-9-15-21)22-16-10-7-11-17-22/h6-11,14-17,23H,2-5,12-13,18-20H2,1H3. The van der Waals surface area contributed by atoms with Gasteiger partial charge in [0.15, 0.2) is 0 Å². The molecule has 0 bridgehead atoms. The van der Waals surface area contributed by atoms with Gasteiger partial charge in [-0.15, -0.1) is 11.6 Å². The van der Waals surface area contributed by atoms with Gasteiger partial charge in [0.05, 0.1) is 25.3 Å². The van der Waals surface area contributed by atoms with Gasteiger partial charge < -0.3 is 4.74 Å². The fraction of sp³-hybridized carbons (Fsp3) is 0.440. The van der Waals surface area contributed by atoms with Gasteiger partial charge in [0.25, 0.3) is 0 Å². The van der Waals surface area contributed by atoms with E-state index in [1.54, 1.807) is 0 Å². The minimum atomic E-state index is -0.207. The van der Waals surface area contributed by atoms with Gasteiger partial charge in [0.1, 0.15) is 0 Å². The van der Waals surface area contributed by atoms with Crippen molar-refractivity contribution in [1.29, 1.82) is 0 Å². The van der Waals surface area contributed by atoms with E-state index in [-0.39, 0.29) is 12.0 Å². The summed E-state index contributed by atoms with van der Waals surface area (Å²) in [5.41, 5.74) is 3.06. The highest BCUT2D eigenvalue weighted by Gasteiger charge is 2.16. The van der Waals surface area contributed by atoms with E-state index in [1.165, 1.54) is 26.4 Å². The quantitative estimate of drug-likeness (QED) is 0.164. The second kappa shape index (κ2) is 13.9. The van der Waals surface area contributed by atoms with Crippen LogP contribution in [0.5, 0.6) is 0 Å². The molecule has 0 aliphatic rings. The van der Waals surface area contributed by atoms with Crippen molar-refractivity contribution in [2.45, 2.75) is 57.4 Å². The number of ether oxygens (including phenoxy) is 1. The summed E-state index contributed by atoms with van der Waals surface area (Å²) in [5, 5.41) is 0. The number of esters is 1. The van der Waals surface area contributed by atoms with Crippen molar-refractivity contribution in [3.05, 3.63) is 71.8 Å². The normalized spacial score (nSPS) is 11.7. The van der Waals surface area contributed by atoms with Crippen molar-refractivity contribution in [2.24, 2.45) is 4.99 Å². The molecule has 0 N–H and O–H groups in total. The number of methoxy groups -OCH3 is 1. The lowest BCUT2D eigenvalue weighted by molar-refractivity contribution is -0.141. The van der Waals surface area contributed by atoms with Crippen LogP contribution in [-0.2, 0) is 9.53 Å². The van der Waals surface area contributed by atoms with Crippen molar-refractivity contribution in [1.82, 2.24) is 0 Å². The van der Waals surface area contributed by atoms with E-state index >= 15 is 0 Å². The molecular formula is C25H32ClNO2. The Morgan fingerprint density at radius 1 is 0.862 bits per heavy atom. The van der Waals surface area contributed by atoms with Crippen LogP contribution in [-0.4, -0.2) is 30.7 Å². The largest absolute Gasteiger partial charge is 0.469 e. The molecule has 0 spiro atoms.